The second-order valence-corrected chi connectivity index (χ2v) is 8.55. The van der Waals surface area contributed by atoms with Crippen LogP contribution in [0.1, 0.15) is 51.9 Å². The molecule has 0 aromatic rings. The van der Waals surface area contributed by atoms with E-state index in [1.807, 2.05) is 0 Å². The van der Waals surface area contributed by atoms with Crippen molar-refractivity contribution < 1.29 is 8.42 Å². The first kappa shape index (κ1) is 14.3. The summed E-state index contributed by atoms with van der Waals surface area (Å²) >= 11 is 0. The quantitative estimate of drug-likeness (QED) is 0.808. The SMILES string of the molecule is CCNC(CC1CC1)C1CCCC(S(C)(=O)=O)C1. The van der Waals surface area contributed by atoms with Crippen LogP contribution in [0, 0.1) is 11.8 Å². The fraction of sp³-hybridized carbons (Fsp3) is 1.00. The van der Waals surface area contributed by atoms with Crippen LogP contribution >= 0.6 is 0 Å². The number of hydrogen-bond donors (Lipinski definition) is 1. The fourth-order valence-corrected chi connectivity index (χ4v) is 4.54. The van der Waals surface area contributed by atoms with E-state index in [1.54, 1.807) is 0 Å². The number of sulfone groups is 1. The van der Waals surface area contributed by atoms with Crippen LogP contribution in [-0.4, -0.2) is 32.5 Å². The van der Waals surface area contributed by atoms with Crippen LogP contribution in [0.5, 0.6) is 0 Å². The highest BCUT2D eigenvalue weighted by Gasteiger charge is 2.35. The lowest BCUT2D eigenvalue weighted by atomic mass is 9.81. The van der Waals surface area contributed by atoms with Crippen molar-refractivity contribution in [2.24, 2.45) is 11.8 Å². The van der Waals surface area contributed by atoms with Gasteiger partial charge < -0.3 is 5.32 Å². The van der Waals surface area contributed by atoms with Crippen LogP contribution < -0.4 is 5.32 Å². The van der Waals surface area contributed by atoms with Gasteiger partial charge in [0.1, 0.15) is 9.84 Å². The monoisotopic (exact) mass is 273 g/mol. The van der Waals surface area contributed by atoms with Gasteiger partial charge in [0.15, 0.2) is 0 Å². The Bertz CT molecular complexity index is 362. The molecule has 2 aliphatic carbocycles. The Balaban J connectivity index is 1.95. The molecular formula is C14H27NO2S. The summed E-state index contributed by atoms with van der Waals surface area (Å²) in [7, 11) is -2.85. The Morgan fingerprint density at radius 1 is 1.22 bits per heavy atom. The van der Waals surface area contributed by atoms with Crippen LogP contribution in [0.4, 0.5) is 0 Å². The van der Waals surface area contributed by atoms with Gasteiger partial charge >= 0.3 is 0 Å². The van der Waals surface area contributed by atoms with Crippen molar-refractivity contribution in [2.75, 3.05) is 12.8 Å². The molecule has 0 saturated heterocycles. The molecule has 0 spiro atoms. The third-order valence-corrected chi connectivity index (χ3v) is 6.23. The summed E-state index contributed by atoms with van der Waals surface area (Å²) in [6, 6.07) is 0.548. The van der Waals surface area contributed by atoms with E-state index in [0.717, 1.165) is 31.7 Å². The second kappa shape index (κ2) is 5.91. The predicted molar refractivity (Wildman–Crippen MR) is 75.4 cm³/mol. The summed E-state index contributed by atoms with van der Waals surface area (Å²) in [6.45, 7) is 3.15. The molecule has 18 heavy (non-hydrogen) atoms. The largest absolute Gasteiger partial charge is 0.314 e. The lowest BCUT2D eigenvalue weighted by Gasteiger charge is -2.34. The highest BCUT2D eigenvalue weighted by atomic mass is 32.2. The highest BCUT2D eigenvalue weighted by Crippen LogP contribution is 2.38. The van der Waals surface area contributed by atoms with E-state index in [1.165, 1.54) is 31.9 Å². The topological polar surface area (TPSA) is 46.2 Å². The van der Waals surface area contributed by atoms with Gasteiger partial charge in [-0.1, -0.05) is 26.2 Å². The summed E-state index contributed by atoms with van der Waals surface area (Å²) in [5, 5.41) is 3.51. The Morgan fingerprint density at radius 2 is 1.94 bits per heavy atom. The van der Waals surface area contributed by atoms with Crippen molar-refractivity contribution >= 4 is 9.84 Å². The minimum absolute atomic E-state index is 0.0865. The van der Waals surface area contributed by atoms with Gasteiger partial charge in [-0.3, -0.25) is 0 Å². The molecule has 3 unspecified atom stereocenters. The van der Waals surface area contributed by atoms with Crippen molar-refractivity contribution in [1.29, 1.82) is 0 Å². The first-order valence-electron chi connectivity index (χ1n) is 7.43. The molecule has 2 aliphatic rings. The lowest BCUT2D eigenvalue weighted by Crippen LogP contribution is -2.41. The molecule has 2 fully saturated rings. The molecule has 0 bridgehead atoms. The zero-order valence-corrected chi connectivity index (χ0v) is 12.5. The molecule has 106 valence electrons. The van der Waals surface area contributed by atoms with Gasteiger partial charge in [-0.05, 0) is 44.1 Å². The molecule has 0 aromatic carbocycles. The molecule has 1 N–H and O–H groups in total. The lowest BCUT2D eigenvalue weighted by molar-refractivity contribution is 0.255. The second-order valence-electron chi connectivity index (χ2n) is 6.22. The number of rotatable bonds is 6. The average molecular weight is 273 g/mol. The van der Waals surface area contributed by atoms with Crippen molar-refractivity contribution in [3.05, 3.63) is 0 Å². The van der Waals surface area contributed by atoms with Crippen LogP contribution in [-0.2, 0) is 9.84 Å². The van der Waals surface area contributed by atoms with E-state index >= 15 is 0 Å². The third kappa shape index (κ3) is 3.95. The van der Waals surface area contributed by atoms with Crippen molar-refractivity contribution in [3.8, 4) is 0 Å². The first-order valence-corrected chi connectivity index (χ1v) is 9.38. The van der Waals surface area contributed by atoms with Crippen molar-refractivity contribution in [3.63, 3.8) is 0 Å². The van der Waals surface area contributed by atoms with Crippen molar-refractivity contribution in [2.45, 2.75) is 63.2 Å². The van der Waals surface area contributed by atoms with E-state index in [9.17, 15) is 8.42 Å². The standard InChI is InChI=1S/C14H27NO2S/c1-3-15-14(9-11-7-8-11)12-5-4-6-13(10-12)18(2,16)17/h11-15H,3-10H2,1-2H3. The third-order valence-electron chi connectivity index (χ3n) is 4.59. The molecule has 2 rings (SSSR count). The van der Waals surface area contributed by atoms with E-state index in [-0.39, 0.29) is 5.25 Å². The van der Waals surface area contributed by atoms with Gasteiger partial charge in [0.05, 0.1) is 5.25 Å². The molecule has 0 amide bonds. The molecule has 0 aliphatic heterocycles. The Hall–Kier alpha value is -0.0900. The van der Waals surface area contributed by atoms with Crippen molar-refractivity contribution in [1.82, 2.24) is 5.32 Å². The summed E-state index contributed by atoms with van der Waals surface area (Å²) < 4.78 is 23.5. The van der Waals surface area contributed by atoms with E-state index in [0.29, 0.717) is 12.0 Å². The van der Waals surface area contributed by atoms with E-state index < -0.39 is 9.84 Å². The maximum atomic E-state index is 11.7. The maximum absolute atomic E-state index is 11.7. The summed E-state index contributed by atoms with van der Waals surface area (Å²) in [5.74, 6) is 1.48. The molecule has 0 aromatic heterocycles. The fourth-order valence-electron chi connectivity index (χ4n) is 3.35. The molecule has 3 nitrogen and oxygen atoms in total. The van der Waals surface area contributed by atoms with Gasteiger partial charge in [-0.15, -0.1) is 0 Å². The zero-order valence-electron chi connectivity index (χ0n) is 11.7. The molecule has 3 atom stereocenters. The zero-order chi connectivity index (χ0) is 13.2. The minimum atomic E-state index is -2.85. The summed E-state index contributed by atoms with van der Waals surface area (Å²) in [5.41, 5.74) is 0. The highest BCUT2D eigenvalue weighted by molar-refractivity contribution is 7.91. The molecular weight excluding hydrogens is 246 g/mol. The Kier molecular flexibility index (Phi) is 4.70. The molecule has 4 heteroatoms. The molecule has 2 saturated carbocycles. The van der Waals surface area contributed by atoms with Crippen LogP contribution in [0.2, 0.25) is 0 Å². The average Bonchev–Trinajstić information content (AvgIpc) is 3.12. The van der Waals surface area contributed by atoms with Crippen LogP contribution in [0.25, 0.3) is 0 Å². The Morgan fingerprint density at radius 3 is 2.50 bits per heavy atom. The number of hydrogen-bond acceptors (Lipinski definition) is 3. The minimum Gasteiger partial charge on any atom is -0.314 e. The van der Waals surface area contributed by atoms with Gasteiger partial charge in [-0.25, -0.2) is 8.42 Å². The summed E-state index contributed by atoms with van der Waals surface area (Å²) in [6.07, 6.45) is 9.46. The molecule has 0 radical (unpaired) electrons. The van der Waals surface area contributed by atoms with Gasteiger partial charge in [0.25, 0.3) is 0 Å². The van der Waals surface area contributed by atoms with Gasteiger partial charge in [0, 0.05) is 12.3 Å². The number of nitrogens with one attached hydrogen (secondary N) is 1. The normalized spacial score (nSPS) is 31.2. The van der Waals surface area contributed by atoms with Crippen LogP contribution in [0.3, 0.4) is 0 Å². The molecule has 0 heterocycles. The van der Waals surface area contributed by atoms with Crippen LogP contribution in [0.15, 0.2) is 0 Å². The summed E-state index contributed by atoms with van der Waals surface area (Å²) in [4.78, 5) is 0. The van der Waals surface area contributed by atoms with Gasteiger partial charge in [0.2, 0.25) is 0 Å². The predicted octanol–water partition coefficient (Wildman–Crippen LogP) is 2.37. The maximum Gasteiger partial charge on any atom is 0.150 e. The smallest absolute Gasteiger partial charge is 0.150 e. The van der Waals surface area contributed by atoms with E-state index in [2.05, 4.69) is 12.2 Å². The van der Waals surface area contributed by atoms with E-state index in [4.69, 9.17) is 0 Å². The van der Waals surface area contributed by atoms with Gasteiger partial charge in [-0.2, -0.15) is 0 Å². The Labute approximate surface area is 112 Å². The first-order chi connectivity index (χ1) is 8.50.